The van der Waals surface area contributed by atoms with Crippen molar-refractivity contribution in [2.75, 3.05) is 0 Å². The highest BCUT2D eigenvalue weighted by Crippen LogP contribution is 2.17. The third-order valence-corrected chi connectivity index (χ3v) is 3.35. The van der Waals surface area contributed by atoms with Gasteiger partial charge in [0.15, 0.2) is 11.9 Å². The van der Waals surface area contributed by atoms with E-state index in [0.717, 1.165) is 5.56 Å². The van der Waals surface area contributed by atoms with E-state index in [1.807, 2.05) is 0 Å². The number of aliphatic hydroxyl groups excluding tert-OH is 1. The van der Waals surface area contributed by atoms with Gasteiger partial charge >= 0.3 is 0 Å². The molecule has 0 aliphatic carbocycles. The normalized spacial score (nSPS) is 11.9. The molecule has 1 amide bonds. The maximum atomic E-state index is 13.6. The van der Waals surface area contributed by atoms with Crippen LogP contribution in [0.3, 0.4) is 0 Å². The van der Waals surface area contributed by atoms with Crippen molar-refractivity contribution in [3.8, 4) is 11.4 Å². The van der Waals surface area contributed by atoms with Crippen molar-refractivity contribution in [3.05, 3.63) is 66.0 Å². The number of carbonyl (C=O) groups excluding carboxylic acids is 1. The number of hydrogen-bond donors (Lipinski definition) is 3. The van der Waals surface area contributed by atoms with Crippen molar-refractivity contribution < 1.29 is 14.3 Å². The summed E-state index contributed by atoms with van der Waals surface area (Å²) in [5, 5.41) is 19.2. The highest BCUT2D eigenvalue weighted by atomic mass is 19.1. The number of aliphatic hydroxyl groups is 1. The number of rotatable bonds is 5. The van der Waals surface area contributed by atoms with E-state index in [9.17, 15) is 14.3 Å². The van der Waals surface area contributed by atoms with Crippen LogP contribution in [-0.4, -0.2) is 31.2 Å². The summed E-state index contributed by atoms with van der Waals surface area (Å²) in [6.45, 7) is 0.0302. The molecule has 8 heteroatoms. The van der Waals surface area contributed by atoms with Gasteiger partial charge < -0.3 is 10.4 Å². The topological polar surface area (TPSA) is 104 Å². The lowest BCUT2D eigenvalue weighted by Crippen LogP contribution is -2.29. The quantitative estimate of drug-likeness (QED) is 0.656. The fraction of sp³-hybridized carbons (Fsp3) is 0.125. The van der Waals surface area contributed by atoms with Crippen LogP contribution in [0.1, 0.15) is 17.5 Å². The van der Waals surface area contributed by atoms with Crippen molar-refractivity contribution in [3.63, 3.8) is 0 Å². The van der Waals surface area contributed by atoms with Gasteiger partial charge in [-0.25, -0.2) is 9.37 Å². The summed E-state index contributed by atoms with van der Waals surface area (Å²) >= 11 is 0. The van der Waals surface area contributed by atoms with E-state index in [-0.39, 0.29) is 12.1 Å². The van der Waals surface area contributed by atoms with E-state index in [4.69, 9.17) is 0 Å². The third-order valence-electron chi connectivity index (χ3n) is 3.35. The lowest BCUT2D eigenvalue weighted by molar-refractivity contribution is -0.130. The maximum Gasteiger partial charge on any atom is 0.253 e. The summed E-state index contributed by atoms with van der Waals surface area (Å²) in [5.41, 5.74) is 0.704. The second-order valence-electron chi connectivity index (χ2n) is 4.98. The van der Waals surface area contributed by atoms with Crippen LogP contribution in [0.4, 0.5) is 4.39 Å². The van der Waals surface area contributed by atoms with E-state index >= 15 is 0 Å². The van der Waals surface area contributed by atoms with Gasteiger partial charge in [0.05, 0.1) is 6.54 Å². The van der Waals surface area contributed by atoms with Gasteiger partial charge in [-0.3, -0.25) is 14.9 Å². The van der Waals surface area contributed by atoms with Crippen LogP contribution >= 0.6 is 0 Å². The molecule has 1 atom stereocenters. The first kappa shape index (κ1) is 15.8. The number of halogens is 1. The molecule has 3 aromatic rings. The van der Waals surface area contributed by atoms with Gasteiger partial charge in [-0.05, 0) is 18.2 Å². The van der Waals surface area contributed by atoms with E-state index in [2.05, 4.69) is 25.5 Å². The monoisotopic (exact) mass is 327 g/mol. The smallest absolute Gasteiger partial charge is 0.253 e. The van der Waals surface area contributed by atoms with Gasteiger partial charge in [0.25, 0.3) is 5.91 Å². The third kappa shape index (κ3) is 3.44. The molecule has 0 spiro atoms. The molecule has 1 aromatic carbocycles. The van der Waals surface area contributed by atoms with Crippen molar-refractivity contribution in [2.24, 2.45) is 0 Å². The number of nitrogens with zero attached hydrogens (tertiary/aromatic N) is 3. The minimum atomic E-state index is -1.59. The molecule has 0 aliphatic heterocycles. The molecule has 3 rings (SSSR count). The summed E-state index contributed by atoms with van der Waals surface area (Å²) in [7, 11) is 0. The van der Waals surface area contributed by atoms with E-state index in [1.165, 1.54) is 18.2 Å². The number of hydrogen-bond acceptors (Lipinski definition) is 5. The van der Waals surface area contributed by atoms with Crippen molar-refractivity contribution in [1.29, 1.82) is 0 Å². The first-order valence-corrected chi connectivity index (χ1v) is 7.17. The summed E-state index contributed by atoms with van der Waals surface area (Å²) in [4.78, 5) is 20.1. The molecule has 7 nitrogen and oxygen atoms in total. The Morgan fingerprint density at radius 3 is 2.75 bits per heavy atom. The van der Waals surface area contributed by atoms with Gasteiger partial charge in [-0.2, -0.15) is 5.10 Å². The van der Waals surface area contributed by atoms with Crippen LogP contribution in [0.15, 0.2) is 48.8 Å². The van der Waals surface area contributed by atoms with Crippen molar-refractivity contribution in [2.45, 2.75) is 12.6 Å². The molecule has 3 N–H and O–H groups in total. The molecule has 2 aromatic heterocycles. The van der Waals surface area contributed by atoms with Crippen LogP contribution in [-0.2, 0) is 11.3 Å². The Balaban J connectivity index is 1.63. The second kappa shape index (κ2) is 6.97. The Hall–Kier alpha value is -3.13. The zero-order valence-corrected chi connectivity index (χ0v) is 12.5. The summed E-state index contributed by atoms with van der Waals surface area (Å²) in [6, 6.07) is 9.09. The minimum absolute atomic E-state index is 0.0302. The van der Waals surface area contributed by atoms with Crippen molar-refractivity contribution >= 4 is 5.91 Å². The number of pyridine rings is 1. The van der Waals surface area contributed by atoms with Crippen LogP contribution in [0, 0.1) is 5.82 Å². The minimum Gasteiger partial charge on any atom is -0.378 e. The fourth-order valence-electron chi connectivity index (χ4n) is 2.11. The zero-order valence-electron chi connectivity index (χ0n) is 12.5. The first-order chi connectivity index (χ1) is 11.6. The zero-order chi connectivity index (χ0) is 16.9. The summed E-state index contributed by atoms with van der Waals surface area (Å²) in [5.74, 6) is -0.478. The molecule has 0 fully saturated rings. The highest BCUT2D eigenvalue weighted by molar-refractivity contribution is 5.81. The molecule has 0 radical (unpaired) electrons. The van der Waals surface area contributed by atoms with Crippen molar-refractivity contribution in [1.82, 2.24) is 25.5 Å². The lowest BCUT2D eigenvalue weighted by Gasteiger charge is -2.11. The Bertz CT molecular complexity index is 837. The van der Waals surface area contributed by atoms with Gasteiger partial charge in [-0.15, -0.1) is 0 Å². The number of carbonyl (C=O) groups is 1. The Labute approximate surface area is 136 Å². The largest absolute Gasteiger partial charge is 0.378 e. The standard InChI is InChI=1S/C16H14FN5O2/c17-12-4-2-1-3-11(12)14(23)16(24)19-9-13-20-15(22-21-13)10-5-7-18-8-6-10/h1-8,14,23H,9H2,(H,19,24)(H,20,21,22). The molecule has 2 heterocycles. The highest BCUT2D eigenvalue weighted by Gasteiger charge is 2.20. The summed E-state index contributed by atoms with van der Waals surface area (Å²) < 4.78 is 13.6. The Morgan fingerprint density at radius 1 is 1.25 bits per heavy atom. The second-order valence-corrected chi connectivity index (χ2v) is 4.98. The van der Waals surface area contributed by atoms with Crippen LogP contribution in [0.5, 0.6) is 0 Å². The molecule has 0 saturated heterocycles. The fourth-order valence-corrected chi connectivity index (χ4v) is 2.11. The lowest BCUT2D eigenvalue weighted by atomic mass is 10.1. The SMILES string of the molecule is O=C(NCc1nc(-c2ccncc2)n[nH]1)C(O)c1ccccc1F. The average Bonchev–Trinajstić information content (AvgIpc) is 3.09. The number of amides is 1. The first-order valence-electron chi connectivity index (χ1n) is 7.17. The molecule has 0 saturated carbocycles. The molecular weight excluding hydrogens is 313 g/mol. The van der Waals surface area contributed by atoms with Gasteiger partial charge in [0, 0.05) is 23.5 Å². The number of aromatic nitrogens is 4. The molecule has 24 heavy (non-hydrogen) atoms. The van der Waals surface area contributed by atoms with Gasteiger partial charge in [0.1, 0.15) is 11.6 Å². The van der Waals surface area contributed by atoms with E-state index in [1.54, 1.807) is 30.6 Å². The molecule has 122 valence electrons. The molecule has 1 unspecified atom stereocenters. The number of benzene rings is 1. The van der Waals surface area contributed by atoms with Crippen LogP contribution < -0.4 is 5.32 Å². The molecule has 0 bridgehead atoms. The van der Waals surface area contributed by atoms with E-state index in [0.29, 0.717) is 11.6 Å². The van der Waals surface area contributed by atoms with Gasteiger partial charge in [-0.1, -0.05) is 18.2 Å². The van der Waals surface area contributed by atoms with Gasteiger partial charge in [0.2, 0.25) is 0 Å². The molecule has 0 aliphatic rings. The predicted molar refractivity (Wildman–Crippen MR) is 82.8 cm³/mol. The van der Waals surface area contributed by atoms with Crippen LogP contribution in [0.2, 0.25) is 0 Å². The number of nitrogens with one attached hydrogen (secondary N) is 2. The Kier molecular flexibility index (Phi) is 4.57. The maximum absolute atomic E-state index is 13.6. The van der Waals surface area contributed by atoms with E-state index < -0.39 is 17.8 Å². The summed E-state index contributed by atoms with van der Waals surface area (Å²) in [6.07, 6.45) is 1.66. The Morgan fingerprint density at radius 2 is 2.00 bits per heavy atom. The molecular formula is C16H14FN5O2. The predicted octanol–water partition coefficient (Wildman–Crippen LogP) is 1.36. The number of aromatic amines is 1. The average molecular weight is 327 g/mol. The number of H-pyrrole nitrogens is 1. The van der Waals surface area contributed by atoms with Crippen LogP contribution in [0.25, 0.3) is 11.4 Å².